The molecule has 0 spiro atoms. The average molecular weight is 305 g/mol. The van der Waals surface area contributed by atoms with E-state index in [1.165, 1.54) is 6.26 Å². The summed E-state index contributed by atoms with van der Waals surface area (Å²) < 4.78 is 54.3. The van der Waals surface area contributed by atoms with Crippen LogP contribution in [0.25, 0.3) is 11.5 Å². The van der Waals surface area contributed by atoms with Gasteiger partial charge in [-0.3, -0.25) is 9.19 Å². The molecular weight excluding hydrogens is 295 g/mol. The highest BCUT2D eigenvalue weighted by atomic mass is 32.2. The first-order valence-corrected chi connectivity index (χ1v) is 7.25. The van der Waals surface area contributed by atoms with Gasteiger partial charge in [0.25, 0.3) is 5.89 Å². The molecule has 2 aromatic rings. The van der Waals surface area contributed by atoms with Crippen molar-refractivity contribution < 1.29 is 21.9 Å². The molecule has 2 heterocycles. The predicted molar refractivity (Wildman–Crippen MR) is 65.2 cm³/mol. The van der Waals surface area contributed by atoms with Crippen LogP contribution in [0.4, 0.5) is 13.2 Å². The number of aromatic nitrogens is 3. The Morgan fingerprint density at radius 3 is 2.80 bits per heavy atom. The molecule has 2 aromatic heterocycles. The van der Waals surface area contributed by atoms with Gasteiger partial charge in [0.15, 0.2) is 5.82 Å². The molecule has 9 heteroatoms. The standard InChI is InChI=1S/C11H10F3N3O2S/c1-20(18)5-3-9-16-10(19-17-9)7-6-15-4-2-8(7)11(12,13)14/h2,4,6H,3,5H2,1H3. The lowest BCUT2D eigenvalue weighted by atomic mass is 10.1. The second kappa shape index (κ2) is 5.70. The third-order valence-electron chi connectivity index (χ3n) is 2.44. The van der Waals surface area contributed by atoms with Gasteiger partial charge in [0.2, 0.25) is 0 Å². The Morgan fingerprint density at radius 2 is 2.15 bits per heavy atom. The van der Waals surface area contributed by atoms with Gasteiger partial charge < -0.3 is 4.52 Å². The number of alkyl halides is 3. The van der Waals surface area contributed by atoms with Crippen LogP contribution in [-0.4, -0.2) is 31.3 Å². The Kier molecular flexibility index (Phi) is 4.17. The lowest BCUT2D eigenvalue weighted by molar-refractivity contribution is -0.137. The van der Waals surface area contributed by atoms with Gasteiger partial charge in [-0.05, 0) is 6.07 Å². The fourth-order valence-electron chi connectivity index (χ4n) is 1.51. The highest BCUT2D eigenvalue weighted by Crippen LogP contribution is 2.35. The lowest BCUT2D eigenvalue weighted by Gasteiger charge is -2.08. The highest BCUT2D eigenvalue weighted by molar-refractivity contribution is 7.84. The third kappa shape index (κ3) is 3.41. The van der Waals surface area contributed by atoms with Gasteiger partial charge in [-0.2, -0.15) is 18.2 Å². The summed E-state index contributed by atoms with van der Waals surface area (Å²) in [5.41, 5.74) is -1.15. The maximum atomic E-state index is 12.8. The summed E-state index contributed by atoms with van der Waals surface area (Å²) in [6, 6.07) is 0.848. The Bertz CT molecular complexity index is 627. The van der Waals surface area contributed by atoms with E-state index in [1.54, 1.807) is 0 Å². The molecule has 20 heavy (non-hydrogen) atoms. The molecule has 0 saturated heterocycles. The van der Waals surface area contributed by atoms with Gasteiger partial charge >= 0.3 is 6.18 Å². The van der Waals surface area contributed by atoms with E-state index in [4.69, 9.17) is 4.52 Å². The Balaban J connectivity index is 2.31. The van der Waals surface area contributed by atoms with Crippen molar-refractivity contribution in [1.29, 1.82) is 0 Å². The molecule has 1 atom stereocenters. The fourth-order valence-corrected chi connectivity index (χ4v) is 1.98. The summed E-state index contributed by atoms with van der Waals surface area (Å²) in [5, 5.41) is 3.57. The van der Waals surface area contributed by atoms with Crippen LogP contribution >= 0.6 is 0 Å². The van der Waals surface area contributed by atoms with Crippen molar-refractivity contribution in [3.05, 3.63) is 29.8 Å². The Hall–Kier alpha value is -1.77. The van der Waals surface area contributed by atoms with Crippen molar-refractivity contribution in [2.75, 3.05) is 12.0 Å². The van der Waals surface area contributed by atoms with Gasteiger partial charge in [-0.15, -0.1) is 0 Å². The van der Waals surface area contributed by atoms with Crippen molar-refractivity contribution in [1.82, 2.24) is 15.1 Å². The molecule has 0 aromatic carbocycles. The molecular formula is C11H10F3N3O2S. The average Bonchev–Trinajstić information content (AvgIpc) is 2.84. The summed E-state index contributed by atoms with van der Waals surface area (Å²) in [7, 11) is -1.03. The Morgan fingerprint density at radius 1 is 1.40 bits per heavy atom. The number of nitrogens with zero attached hydrogens (tertiary/aromatic N) is 3. The van der Waals surface area contributed by atoms with Crippen molar-refractivity contribution in [3.8, 4) is 11.5 Å². The first kappa shape index (κ1) is 14.6. The summed E-state index contributed by atoms with van der Waals surface area (Å²) in [4.78, 5) is 7.52. The molecule has 0 saturated carbocycles. The van der Waals surface area contributed by atoms with Crippen LogP contribution in [0, 0.1) is 0 Å². The van der Waals surface area contributed by atoms with Crippen LogP contribution in [-0.2, 0) is 23.4 Å². The van der Waals surface area contributed by atoms with Crippen LogP contribution in [0.5, 0.6) is 0 Å². The summed E-state index contributed by atoms with van der Waals surface area (Å²) in [6.45, 7) is 0. The van der Waals surface area contributed by atoms with Crippen molar-refractivity contribution in [2.45, 2.75) is 12.6 Å². The molecule has 2 rings (SSSR count). The zero-order chi connectivity index (χ0) is 14.8. The minimum absolute atomic E-state index is 0.215. The maximum absolute atomic E-state index is 12.8. The first-order valence-electron chi connectivity index (χ1n) is 5.52. The zero-order valence-corrected chi connectivity index (χ0v) is 11.2. The summed E-state index contributed by atoms with van der Waals surface area (Å²) in [5.74, 6) is 0.285. The normalized spacial score (nSPS) is 13.4. The fraction of sp³-hybridized carbons (Fsp3) is 0.364. The van der Waals surface area contributed by atoms with E-state index >= 15 is 0 Å². The van der Waals surface area contributed by atoms with Crippen LogP contribution in [0.2, 0.25) is 0 Å². The number of pyridine rings is 1. The van der Waals surface area contributed by atoms with E-state index in [2.05, 4.69) is 15.1 Å². The molecule has 5 nitrogen and oxygen atoms in total. The van der Waals surface area contributed by atoms with Gasteiger partial charge in [0.1, 0.15) is 0 Å². The highest BCUT2D eigenvalue weighted by Gasteiger charge is 2.35. The van der Waals surface area contributed by atoms with Crippen LogP contribution in [0.15, 0.2) is 23.0 Å². The van der Waals surface area contributed by atoms with E-state index in [0.717, 1.165) is 18.5 Å². The second-order valence-electron chi connectivity index (χ2n) is 3.96. The van der Waals surface area contributed by atoms with Crippen LogP contribution < -0.4 is 0 Å². The SMILES string of the molecule is CS(=O)CCc1noc(-c2cnccc2C(F)(F)F)n1. The van der Waals surface area contributed by atoms with E-state index in [0.29, 0.717) is 5.75 Å². The van der Waals surface area contributed by atoms with Crippen molar-refractivity contribution in [2.24, 2.45) is 0 Å². The quantitative estimate of drug-likeness (QED) is 0.865. The van der Waals surface area contributed by atoms with Crippen LogP contribution in [0.3, 0.4) is 0 Å². The molecule has 0 fully saturated rings. The molecule has 0 bridgehead atoms. The monoisotopic (exact) mass is 305 g/mol. The maximum Gasteiger partial charge on any atom is 0.417 e. The van der Waals surface area contributed by atoms with Gasteiger partial charge in [-0.1, -0.05) is 5.16 Å². The summed E-state index contributed by atoms with van der Waals surface area (Å²) >= 11 is 0. The topological polar surface area (TPSA) is 68.9 Å². The second-order valence-corrected chi connectivity index (χ2v) is 5.52. The Labute approximate surface area is 114 Å². The zero-order valence-electron chi connectivity index (χ0n) is 10.3. The van der Waals surface area contributed by atoms with E-state index in [-0.39, 0.29) is 23.7 Å². The molecule has 0 amide bonds. The molecule has 0 aliphatic carbocycles. The number of hydrogen-bond donors (Lipinski definition) is 0. The lowest BCUT2D eigenvalue weighted by Crippen LogP contribution is -2.07. The number of rotatable bonds is 4. The molecule has 108 valence electrons. The molecule has 0 N–H and O–H groups in total. The third-order valence-corrected chi connectivity index (χ3v) is 3.22. The first-order chi connectivity index (χ1) is 9.38. The van der Waals surface area contributed by atoms with E-state index in [9.17, 15) is 17.4 Å². The molecule has 1 unspecified atom stereocenters. The van der Waals surface area contributed by atoms with E-state index < -0.39 is 22.5 Å². The van der Waals surface area contributed by atoms with Gasteiger partial charge in [0.05, 0.1) is 11.1 Å². The number of halogens is 3. The summed E-state index contributed by atoms with van der Waals surface area (Å²) in [6.07, 6.45) is -0.669. The molecule has 0 aliphatic heterocycles. The number of hydrogen-bond acceptors (Lipinski definition) is 5. The largest absolute Gasteiger partial charge is 0.417 e. The van der Waals surface area contributed by atoms with Gasteiger partial charge in [0, 0.05) is 41.6 Å². The van der Waals surface area contributed by atoms with Crippen LogP contribution in [0.1, 0.15) is 11.4 Å². The minimum Gasteiger partial charge on any atom is -0.334 e. The van der Waals surface area contributed by atoms with E-state index in [1.807, 2.05) is 0 Å². The number of aryl methyl sites for hydroxylation is 1. The minimum atomic E-state index is -4.53. The van der Waals surface area contributed by atoms with Gasteiger partial charge in [-0.25, -0.2) is 0 Å². The molecule has 0 radical (unpaired) electrons. The van der Waals surface area contributed by atoms with Crippen molar-refractivity contribution >= 4 is 10.8 Å². The molecule has 0 aliphatic rings. The smallest absolute Gasteiger partial charge is 0.334 e. The predicted octanol–water partition coefficient (Wildman–Crippen LogP) is 2.07. The van der Waals surface area contributed by atoms with Crippen molar-refractivity contribution in [3.63, 3.8) is 0 Å².